The Bertz CT molecular complexity index is 179. The number of methoxy groups -OCH3 is 1. The van der Waals surface area contributed by atoms with Gasteiger partial charge in [-0.1, -0.05) is 6.58 Å². The van der Waals surface area contributed by atoms with E-state index in [1.54, 1.807) is 0 Å². The van der Waals surface area contributed by atoms with E-state index in [2.05, 4.69) is 6.58 Å². The summed E-state index contributed by atoms with van der Waals surface area (Å²) in [4.78, 5) is 10.3. The first-order chi connectivity index (χ1) is 4.63. The van der Waals surface area contributed by atoms with Gasteiger partial charge in [-0.25, -0.2) is 4.79 Å². The second-order valence-electron chi connectivity index (χ2n) is 1.70. The molecule has 0 heterocycles. The van der Waals surface area contributed by atoms with Crippen molar-refractivity contribution in [3.8, 4) is 0 Å². The van der Waals surface area contributed by atoms with Crippen LogP contribution in [0.1, 0.15) is 6.92 Å². The molecule has 56 valence electrons. The number of aliphatic carboxylic acids is 1. The Balaban J connectivity index is 4.59. The van der Waals surface area contributed by atoms with Crippen LogP contribution in [0, 0.1) is 0 Å². The van der Waals surface area contributed by atoms with E-state index in [1.165, 1.54) is 20.1 Å². The summed E-state index contributed by atoms with van der Waals surface area (Å²) in [5.41, 5.74) is 0.164. The minimum atomic E-state index is -0.989. The molecule has 0 aromatic rings. The summed E-state index contributed by atoms with van der Waals surface area (Å²) in [6.45, 7) is 4.85. The third-order valence-corrected chi connectivity index (χ3v) is 1.10. The van der Waals surface area contributed by atoms with Crippen LogP contribution in [0.2, 0.25) is 0 Å². The zero-order valence-electron chi connectivity index (χ0n) is 6.05. The fourth-order valence-corrected chi connectivity index (χ4v) is 0.495. The van der Waals surface area contributed by atoms with Crippen molar-refractivity contribution in [2.24, 2.45) is 0 Å². The molecule has 3 heteroatoms. The van der Waals surface area contributed by atoms with Crippen molar-refractivity contribution in [1.82, 2.24) is 0 Å². The van der Waals surface area contributed by atoms with Crippen molar-refractivity contribution in [3.05, 3.63) is 24.0 Å². The second kappa shape index (κ2) is 3.71. The Labute approximate surface area is 59.6 Å². The van der Waals surface area contributed by atoms with Crippen LogP contribution in [0.15, 0.2) is 24.0 Å². The van der Waals surface area contributed by atoms with Crippen molar-refractivity contribution in [2.75, 3.05) is 7.11 Å². The van der Waals surface area contributed by atoms with Gasteiger partial charge in [0, 0.05) is 0 Å². The average molecular weight is 142 g/mol. The third kappa shape index (κ3) is 1.93. The quantitative estimate of drug-likeness (QED) is 0.365. The maximum Gasteiger partial charge on any atom is 0.335 e. The molecule has 0 aliphatic rings. The molecule has 0 bridgehead atoms. The molecule has 3 nitrogen and oxygen atoms in total. The number of ether oxygens (including phenoxy) is 1. The van der Waals surface area contributed by atoms with Crippen LogP contribution in [0.3, 0.4) is 0 Å². The molecule has 0 aromatic heterocycles. The molecule has 0 atom stereocenters. The Hall–Kier alpha value is -1.25. The molecule has 10 heavy (non-hydrogen) atoms. The van der Waals surface area contributed by atoms with E-state index in [0.717, 1.165) is 0 Å². The van der Waals surface area contributed by atoms with Crippen LogP contribution in [-0.4, -0.2) is 18.2 Å². The summed E-state index contributed by atoms with van der Waals surface area (Å²) in [6.07, 6.45) is 1.36. The van der Waals surface area contributed by atoms with Crippen LogP contribution in [-0.2, 0) is 9.53 Å². The molecule has 0 saturated heterocycles. The van der Waals surface area contributed by atoms with Crippen LogP contribution in [0.4, 0.5) is 0 Å². The molecule has 0 fully saturated rings. The lowest BCUT2D eigenvalue weighted by Crippen LogP contribution is -2.00. The van der Waals surface area contributed by atoms with E-state index >= 15 is 0 Å². The number of carbonyl (C=O) groups is 1. The maximum atomic E-state index is 10.3. The van der Waals surface area contributed by atoms with Gasteiger partial charge in [0.05, 0.1) is 12.7 Å². The molecular formula is C7H10O3. The van der Waals surface area contributed by atoms with E-state index in [-0.39, 0.29) is 5.57 Å². The summed E-state index contributed by atoms with van der Waals surface area (Å²) in [6, 6.07) is 0. The van der Waals surface area contributed by atoms with E-state index in [9.17, 15) is 4.79 Å². The van der Waals surface area contributed by atoms with Crippen molar-refractivity contribution in [1.29, 1.82) is 0 Å². The molecule has 0 aliphatic carbocycles. The number of rotatable bonds is 3. The fraction of sp³-hybridized carbons (Fsp3) is 0.286. The van der Waals surface area contributed by atoms with Gasteiger partial charge in [0.15, 0.2) is 0 Å². The predicted molar refractivity (Wildman–Crippen MR) is 37.5 cm³/mol. The zero-order valence-corrected chi connectivity index (χ0v) is 6.05. The molecule has 0 radical (unpaired) electrons. The normalized spacial score (nSPS) is 11.8. The van der Waals surface area contributed by atoms with Crippen LogP contribution in [0.25, 0.3) is 0 Å². The largest absolute Gasteiger partial charge is 0.496 e. The van der Waals surface area contributed by atoms with Crippen LogP contribution < -0.4 is 0 Å². The van der Waals surface area contributed by atoms with Gasteiger partial charge in [-0.05, 0) is 13.0 Å². The average Bonchev–Trinajstić information content (AvgIpc) is 1.90. The molecule has 1 N–H and O–H groups in total. The lowest BCUT2D eigenvalue weighted by atomic mass is 10.2. The van der Waals surface area contributed by atoms with E-state index in [0.29, 0.717) is 5.76 Å². The molecule has 0 aliphatic heterocycles. The summed E-state index contributed by atoms with van der Waals surface area (Å²) >= 11 is 0. The summed E-state index contributed by atoms with van der Waals surface area (Å²) in [7, 11) is 1.41. The number of hydrogen-bond acceptors (Lipinski definition) is 2. The number of carboxylic acid groups (broad SMARTS) is 1. The third-order valence-electron chi connectivity index (χ3n) is 1.10. The van der Waals surface area contributed by atoms with Gasteiger partial charge in [0.25, 0.3) is 0 Å². The van der Waals surface area contributed by atoms with Crippen molar-refractivity contribution >= 4 is 5.97 Å². The van der Waals surface area contributed by atoms with Crippen molar-refractivity contribution in [2.45, 2.75) is 6.92 Å². The molecule has 0 aromatic carbocycles. The minimum Gasteiger partial charge on any atom is -0.496 e. The summed E-state index contributed by atoms with van der Waals surface area (Å²) in [5, 5.41) is 8.43. The standard InChI is InChI=1S/C7H10O3/c1-4-6(10-3)5(2)7(8)9/h4H,1H2,2-3H3,(H,8,9). The Morgan fingerprint density at radius 3 is 2.30 bits per heavy atom. The summed E-state index contributed by atoms with van der Waals surface area (Å²) in [5.74, 6) is -0.691. The van der Waals surface area contributed by atoms with E-state index < -0.39 is 5.97 Å². The molecule has 0 spiro atoms. The zero-order chi connectivity index (χ0) is 8.15. The predicted octanol–water partition coefficient (Wildman–Crippen LogP) is 1.18. The highest BCUT2D eigenvalue weighted by Crippen LogP contribution is 2.04. The highest BCUT2D eigenvalue weighted by molar-refractivity contribution is 5.86. The lowest BCUT2D eigenvalue weighted by Gasteiger charge is -2.00. The van der Waals surface area contributed by atoms with Crippen molar-refractivity contribution in [3.63, 3.8) is 0 Å². The van der Waals surface area contributed by atoms with Crippen molar-refractivity contribution < 1.29 is 14.6 Å². The van der Waals surface area contributed by atoms with Gasteiger partial charge in [0.1, 0.15) is 5.76 Å². The Morgan fingerprint density at radius 1 is 1.70 bits per heavy atom. The van der Waals surface area contributed by atoms with Gasteiger partial charge in [-0.15, -0.1) is 0 Å². The Kier molecular flexibility index (Phi) is 3.25. The molecule has 0 unspecified atom stereocenters. The minimum absolute atomic E-state index is 0.164. The SMILES string of the molecule is C=CC(OC)=C(C)C(=O)O. The second-order valence-corrected chi connectivity index (χ2v) is 1.70. The maximum absolute atomic E-state index is 10.3. The van der Waals surface area contributed by atoms with Gasteiger partial charge in [-0.3, -0.25) is 0 Å². The summed E-state index contributed by atoms with van der Waals surface area (Å²) < 4.78 is 4.70. The monoisotopic (exact) mass is 142 g/mol. The topological polar surface area (TPSA) is 46.5 Å². The number of carboxylic acids is 1. The first-order valence-corrected chi connectivity index (χ1v) is 2.74. The van der Waals surface area contributed by atoms with Crippen LogP contribution in [0.5, 0.6) is 0 Å². The molecule has 0 saturated carbocycles. The van der Waals surface area contributed by atoms with Crippen LogP contribution >= 0.6 is 0 Å². The van der Waals surface area contributed by atoms with Gasteiger partial charge in [0.2, 0.25) is 0 Å². The van der Waals surface area contributed by atoms with Gasteiger partial charge >= 0.3 is 5.97 Å². The lowest BCUT2D eigenvalue weighted by molar-refractivity contribution is -0.132. The highest BCUT2D eigenvalue weighted by Gasteiger charge is 2.05. The highest BCUT2D eigenvalue weighted by atomic mass is 16.5. The van der Waals surface area contributed by atoms with Gasteiger partial charge < -0.3 is 9.84 Å². The van der Waals surface area contributed by atoms with Gasteiger partial charge in [-0.2, -0.15) is 0 Å². The molecular weight excluding hydrogens is 132 g/mol. The number of hydrogen-bond donors (Lipinski definition) is 1. The van der Waals surface area contributed by atoms with E-state index in [1.807, 2.05) is 0 Å². The molecule has 0 amide bonds. The first-order valence-electron chi connectivity index (χ1n) is 2.74. The first kappa shape index (κ1) is 8.75. The fourth-order valence-electron chi connectivity index (χ4n) is 0.495. The molecule has 0 rings (SSSR count). The van der Waals surface area contributed by atoms with E-state index in [4.69, 9.17) is 9.84 Å². The Morgan fingerprint density at radius 2 is 2.20 bits per heavy atom. The number of allylic oxidation sites excluding steroid dienone is 1. The smallest absolute Gasteiger partial charge is 0.335 e.